The molecule has 1 fully saturated rings. The number of carbonyl (C=O) groups is 2. The Labute approximate surface area is 166 Å². The van der Waals surface area contributed by atoms with Crippen LogP contribution in [-0.4, -0.2) is 46.1 Å². The summed E-state index contributed by atoms with van der Waals surface area (Å²) in [6.45, 7) is 8.08. The van der Waals surface area contributed by atoms with Gasteiger partial charge in [-0.05, 0) is 44.7 Å². The Balaban J connectivity index is 1.70. The number of rotatable bonds is 6. The van der Waals surface area contributed by atoms with E-state index in [9.17, 15) is 9.59 Å². The molecule has 1 aliphatic rings. The number of nitrogens with zero attached hydrogens (tertiary/aromatic N) is 3. The Morgan fingerprint density at radius 1 is 1.14 bits per heavy atom. The monoisotopic (exact) mass is 382 g/mol. The Morgan fingerprint density at radius 3 is 2.43 bits per heavy atom. The first-order valence-electron chi connectivity index (χ1n) is 10.3. The van der Waals surface area contributed by atoms with Crippen LogP contribution in [0.5, 0.6) is 0 Å². The predicted molar refractivity (Wildman–Crippen MR) is 110 cm³/mol. The minimum absolute atomic E-state index is 0.0107. The first-order chi connectivity index (χ1) is 13.5. The molecule has 0 unspecified atom stereocenters. The highest BCUT2D eigenvalue weighted by molar-refractivity contribution is 5.95. The van der Waals surface area contributed by atoms with Crippen molar-refractivity contribution in [2.75, 3.05) is 19.6 Å². The van der Waals surface area contributed by atoms with Gasteiger partial charge in [-0.2, -0.15) is 5.10 Å². The highest BCUT2D eigenvalue weighted by Gasteiger charge is 2.29. The molecule has 28 heavy (non-hydrogen) atoms. The number of likely N-dealkylation sites (tertiary alicyclic amines) is 1. The van der Waals surface area contributed by atoms with Crippen molar-refractivity contribution in [2.24, 2.45) is 5.92 Å². The van der Waals surface area contributed by atoms with E-state index in [1.165, 1.54) is 5.56 Å². The molecule has 2 aromatic rings. The molecule has 0 spiro atoms. The predicted octanol–water partition coefficient (Wildman–Crippen LogP) is 3.12. The van der Waals surface area contributed by atoms with E-state index in [2.05, 4.69) is 17.3 Å². The molecule has 0 atom stereocenters. The van der Waals surface area contributed by atoms with Crippen LogP contribution >= 0.6 is 0 Å². The fourth-order valence-electron chi connectivity index (χ4n) is 3.71. The molecular weight excluding hydrogens is 352 g/mol. The van der Waals surface area contributed by atoms with Crippen LogP contribution < -0.4 is 5.32 Å². The zero-order valence-corrected chi connectivity index (χ0v) is 17.1. The first-order valence-corrected chi connectivity index (χ1v) is 10.3. The average molecular weight is 383 g/mol. The van der Waals surface area contributed by atoms with Crippen LogP contribution in [0.1, 0.15) is 54.7 Å². The summed E-state index contributed by atoms with van der Waals surface area (Å²) in [5.41, 5.74) is 3.75. The van der Waals surface area contributed by atoms with Crippen molar-refractivity contribution < 1.29 is 9.59 Å². The van der Waals surface area contributed by atoms with Crippen molar-refractivity contribution in [3.63, 3.8) is 0 Å². The molecule has 3 rings (SSSR count). The third-order valence-electron chi connectivity index (χ3n) is 5.41. The Hall–Kier alpha value is -2.63. The number of amides is 2. The quantitative estimate of drug-likeness (QED) is 0.835. The molecule has 2 heterocycles. The lowest BCUT2D eigenvalue weighted by Crippen LogP contribution is -2.43. The molecule has 1 aromatic heterocycles. The van der Waals surface area contributed by atoms with Gasteiger partial charge in [0.1, 0.15) is 0 Å². The number of piperidine rings is 1. The molecule has 0 aliphatic carbocycles. The van der Waals surface area contributed by atoms with Crippen molar-refractivity contribution in [2.45, 2.75) is 46.5 Å². The molecule has 0 bridgehead atoms. The number of aryl methyl sites for hydroxylation is 1. The van der Waals surface area contributed by atoms with E-state index < -0.39 is 0 Å². The van der Waals surface area contributed by atoms with Crippen LogP contribution in [0.3, 0.4) is 0 Å². The van der Waals surface area contributed by atoms with Crippen LogP contribution in [0.4, 0.5) is 0 Å². The van der Waals surface area contributed by atoms with Crippen LogP contribution in [0.15, 0.2) is 30.5 Å². The van der Waals surface area contributed by atoms with E-state index in [0.29, 0.717) is 18.7 Å². The van der Waals surface area contributed by atoms with E-state index in [4.69, 9.17) is 0 Å². The van der Waals surface area contributed by atoms with Gasteiger partial charge in [-0.25, -0.2) is 4.68 Å². The summed E-state index contributed by atoms with van der Waals surface area (Å²) in [6.07, 6.45) is 4.78. The second kappa shape index (κ2) is 9.04. The van der Waals surface area contributed by atoms with E-state index in [1.807, 2.05) is 47.7 Å². The average Bonchev–Trinajstić information content (AvgIpc) is 3.16. The molecule has 6 nitrogen and oxygen atoms in total. The topological polar surface area (TPSA) is 67.2 Å². The highest BCUT2D eigenvalue weighted by atomic mass is 16.2. The van der Waals surface area contributed by atoms with Gasteiger partial charge in [0.25, 0.3) is 5.91 Å². The normalized spacial score (nSPS) is 14.9. The van der Waals surface area contributed by atoms with Crippen molar-refractivity contribution in [3.05, 3.63) is 47.3 Å². The van der Waals surface area contributed by atoms with Gasteiger partial charge in [-0.1, -0.05) is 31.5 Å². The van der Waals surface area contributed by atoms with Crippen LogP contribution in [0.2, 0.25) is 0 Å². The molecule has 0 radical (unpaired) electrons. The van der Waals surface area contributed by atoms with Gasteiger partial charge in [-0.15, -0.1) is 0 Å². The SMILES string of the molecule is CCCNC(=O)C1CCN(C(=O)c2cnn(-c3ccc(C)cc3)c2CC)CC1. The zero-order chi connectivity index (χ0) is 20.1. The van der Waals surface area contributed by atoms with Crippen molar-refractivity contribution in [3.8, 4) is 5.69 Å². The number of hydrogen-bond donors (Lipinski definition) is 1. The summed E-state index contributed by atoms with van der Waals surface area (Å²) in [7, 11) is 0. The van der Waals surface area contributed by atoms with Gasteiger partial charge in [0, 0.05) is 25.6 Å². The largest absolute Gasteiger partial charge is 0.356 e. The minimum atomic E-state index is 0.0107. The van der Waals surface area contributed by atoms with Gasteiger partial charge in [0.05, 0.1) is 23.1 Å². The lowest BCUT2D eigenvalue weighted by Gasteiger charge is -2.31. The third-order valence-corrected chi connectivity index (χ3v) is 5.41. The fraction of sp³-hybridized carbons (Fsp3) is 0.500. The van der Waals surface area contributed by atoms with Crippen LogP contribution in [0, 0.1) is 12.8 Å². The maximum atomic E-state index is 13.1. The minimum Gasteiger partial charge on any atom is -0.356 e. The highest BCUT2D eigenvalue weighted by Crippen LogP contribution is 2.22. The van der Waals surface area contributed by atoms with Crippen molar-refractivity contribution in [1.82, 2.24) is 20.0 Å². The van der Waals surface area contributed by atoms with Gasteiger partial charge in [0.2, 0.25) is 5.91 Å². The summed E-state index contributed by atoms with van der Waals surface area (Å²) >= 11 is 0. The summed E-state index contributed by atoms with van der Waals surface area (Å²) in [5.74, 6) is 0.148. The summed E-state index contributed by atoms with van der Waals surface area (Å²) < 4.78 is 1.86. The van der Waals surface area contributed by atoms with Gasteiger partial charge >= 0.3 is 0 Å². The van der Waals surface area contributed by atoms with Crippen molar-refractivity contribution >= 4 is 11.8 Å². The number of nitrogens with one attached hydrogen (secondary N) is 1. The number of hydrogen-bond acceptors (Lipinski definition) is 3. The molecule has 150 valence electrons. The van der Waals surface area contributed by atoms with Crippen LogP contribution in [-0.2, 0) is 11.2 Å². The van der Waals surface area contributed by atoms with Gasteiger partial charge in [0.15, 0.2) is 0 Å². The van der Waals surface area contributed by atoms with E-state index in [-0.39, 0.29) is 17.7 Å². The summed E-state index contributed by atoms with van der Waals surface area (Å²) in [4.78, 5) is 27.1. The van der Waals surface area contributed by atoms with Gasteiger partial charge < -0.3 is 10.2 Å². The standard InChI is InChI=1S/C22H30N4O2/c1-4-12-23-21(27)17-10-13-25(14-11-17)22(28)19-15-24-26(20(19)5-2)18-8-6-16(3)7-9-18/h6-9,15,17H,4-5,10-14H2,1-3H3,(H,23,27). The van der Waals surface area contributed by atoms with E-state index in [0.717, 1.165) is 43.6 Å². The molecule has 2 amide bonds. The number of carbonyl (C=O) groups excluding carboxylic acids is 2. The molecule has 1 aliphatic heterocycles. The number of aromatic nitrogens is 2. The molecule has 1 aromatic carbocycles. The lowest BCUT2D eigenvalue weighted by atomic mass is 9.95. The lowest BCUT2D eigenvalue weighted by molar-refractivity contribution is -0.126. The maximum Gasteiger partial charge on any atom is 0.257 e. The Bertz CT molecular complexity index is 818. The smallest absolute Gasteiger partial charge is 0.257 e. The molecule has 6 heteroatoms. The Morgan fingerprint density at radius 2 is 1.82 bits per heavy atom. The molecule has 0 saturated carbocycles. The second-order valence-corrected chi connectivity index (χ2v) is 7.46. The summed E-state index contributed by atoms with van der Waals surface area (Å²) in [5, 5.41) is 7.45. The van der Waals surface area contributed by atoms with Gasteiger partial charge in [-0.3, -0.25) is 9.59 Å². The molecular formula is C22H30N4O2. The molecule has 1 N–H and O–H groups in total. The number of benzene rings is 1. The molecule has 1 saturated heterocycles. The maximum absolute atomic E-state index is 13.1. The second-order valence-electron chi connectivity index (χ2n) is 7.46. The van der Waals surface area contributed by atoms with E-state index in [1.54, 1.807) is 6.20 Å². The zero-order valence-electron chi connectivity index (χ0n) is 17.1. The third kappa shape index (κ3) is 4.26. The van der Waals surface area contributed by atoms with Crippen LogP contribution in [0.25, 0.3) is 5.69 Å². The van der Waals surface area contributed by atoms with E-state index >= 15 is 0 Å². The fourth-order valence-corrected chi connectivity index (χ4v) is 3.71. The Kier molecular flexibility index (Phi) is 6.49. The van der Waals surface area contributed by atoms with Crippen molar-refractivity contribution in [1.29, 1.82) is 0 Å². The summed E-state index contributed by atoms with van der Waals surface area (Å²) in [6, 6.07) is 8.14. The first kappa shape index (κ1) is 20.1.